The molecule has 0 atom stereocenters. The number of para-hydroxylation sites is 2. The molecule has 0 spiro atoms. The molecule has 1 fully saturated rings. The minimum absolute atomic E-state index is 0.293. The minimum Gasteiger partial charge on any atom is -0.384 e. The van der Waals surface area contributed by atoms with Crippen molar-refractivity contribution < 1.29 is 4.63 Å². The standard InChI is InChI=1S/C19H18N8O/c20-15-13(16-21-11-8-4-5-9-12(11)22-16)14-19(24-18-17(23-14)25-28-26-18)27(15)10-6-2-1-3-7-10/h4-5,8-10H,1-3,6-7,20H2,(H,21,22). The van der Waals surface area contributed by atoms with Gasteiger partial charge in [0.2, 0.25) is 11.3 Å². The lowest BCUT2D eigenvalue weighted by molar-refractivity contribution is 0.314. The quantitative estimate of drug-likeness (QED) is 0.483. The van der Waals surface area contributed by atoms with Gasteiger partial charge in [0.1, 0.15) is 17.2 Å². The van der Waals surface area contributed by atoms with Crippen LogP contribution in [0.5, 0.6) is 0 Å². The molecule has 9 heteroatoms. The summed E-state index contributed by atoms with van der Waals surface area (Å²) in [6.07, 6.45) is 5.78. The molecule has 28 heavy (non-hydrogen) atoms. The van der Waals surface area contributed by atoms with Crippen molar-refractivity contribution in [1.82, 2.24) is 34.8 Å². The molecule has 9 nitrogen and oxygen atoms in total. The fourth-order valence-electron chi connectivity index (χ4n) is 4.33. The van der Waals surface area contributed by atoms with Gasteiger partial charge in [-0.25, -0.2) is 19.6 Å². The number of benzene rings is 1. The number of hydrogen-bond donors (Lipinski definition) is 2. The summed E-state index contributed by atoms with van der Waals surface area (Å²) in [4.78, 5) is 17.5. The summed E-state index contributed by atoms with van der Waals surface area (Å²) in [6, 6.07) is 8.20. The first-order valence-corrected chi connectivity index (χ1v) is 9.54. The molecule has 1 aliphatic carbocycles. The third-order valence-electron chi connectivity index (χ3n) is 5.64. The van der Waals surface area contributed by atoms with Crippen LogP contribution in [0, 0.1) is 0 Å². The number of nitrogen functional groups attached to an aromatic ring is 1. The van der Waals surface area contributed by atoms with E-state index in [4.69, 9.17) is 15.3 Å². The van der Waals surface area contributed by atoms with Gasteiger partial charge in [-0.15, -0.1) is 0 Å². The van der Waals surface area contributed by atoms with Crippen molar-refractivity contribution in [2.45, 2.75) is 38.1 Å². The number of anilines is 1. The van der Waals surface area contributed by atoms with Crippen LogP contribution >= 0.6 is 0 Å². The fourth-order valence-corrected chi connectivity index (χ4v) is 4.33. The molecule has 140 valence electrons. The largest absolute Gasteiger partial charge is 0.384 e. The molecule has 4 aromatic heterocycles. The van der Waals surface area contributed by atoms with Gasteiger partial charge in [-0.3, -0.25) is 0 Å². The Hall–Kier alpha value is -3.49. The Balaban J connectivity index is 1.67. The van der Waals surface area contributed by atoms with E-state index in [0.29, 0.717) is 40.1 Å². The second-order valence-corrected chi connectivity index (χ2v) is 7.33. The maximum Gasteiger partial charge on any atom is 0.245 e. The van der Waals surface area contributed by atoms with Gasteiger partial charge in [0.25, 0.3) is 0 Å². The topological polar surface area (TPSA) is 124 Å². The number of imidazole rings is 1. The van der Waals surface area contributed by atoms with E-state index < -0.39 is 0 Å². The summed E-state index contributed by atoms with van der Waals surface area (Å²) >= 11 is 0. The number of H-pyrrole nitrogens is 1. The Morgan fingerprint density at radius 3 is 2.61 bits per heavy atom. The normalized spacial score (nSPS) is 15.9. The van der Waals surface area contributed by atoms with Crippen LogP contribution in [-0.4, -0.2) is 34.8 Å². The molecular formula is C19H18N8O. The molecule has 6 rings (SSSR count). The van der Waals surface area contributed by atoms with Crippen molar-refractivity contribution in [3.05, 3.63) is 24.3 Å². The summed E-state index contributed by atoms with van der Waals surface area (Å²) in [6.45, 7) is 0. The number of nitrogens with zero attached hydrogens (tertiary/aromatic N) is 6. The van der Waals surface area contributed by atoms with Crippen LogP contribution in [0.3, 0.4) is 0 Å². The third kappa shape index (κ3) is 2.16. The van der Waals surface area contributed by atoms with E-state index >= 15 is 0 Å². The van der Waals surface area contributed by atoms with Gasteiger partial charge in [-0.1, -0.05) is 31.4 Å². The lowest BCUT2D eigenvalue weighted by Gasteiger charge is -2.24. The predicted molar refractivity (Wildman–Crippen MR) is 105 cm³/mol. The zero-order chi connectivity index (χ0) is 18.7. The summed E-state index contributed by atoms with van der Waals surface area (Å²) in [5.41, 5.74) is 11.4. The van der Waals surface area contributed by atoms with Crippen molar-refractivity contribution in [3.63, 3.8) is 0 Å². The summed E-state index contributed by atoms with van der Waals surface area (Å²) < 4.78 is 6.94. The van der Waals surface area contributed by atoms with Gasteiger partial charge >= 0.3 is 0 Å². The molecule has 0 unspecified atom stereocenters. The number of aromatic nitrogens is 7. The highest BCUT2D eigenvalue weighted by atomic mass is 16.6. The third-order valence-corrected chi connectivity index (χ3v) is 5.64. The maximum atomic E-state index is 6.69. The fraction of sp³-hybridized carbons (Fsp3) is 0.316. The van der Waals surface area contributed by atoms with Gasteiger partial charge < -0.3 is 15.3 Å². The van der Waals surface area contributed by atoms with Crippen molar-refractivity contribution in [1.29, 1.82) is 0 Å². The molecule has 0 radical (unpaired) electrons. The first-order chi connectivity index (χ1) is 13.8. The van der Waals surface area contributed by atoms with E-state index in [9.17, 15) is 0 Å². The molecule has 0 amide bonds. The Kier molecular flexibility index (Phi) is 3.20. The van der Waals surface area contributed by atoms with Crippen LogP contribution in [0.4, 0.5) is 5.82 Å². The number of rotatable bonds is 2. The molecule has 1 aliphatic rings. The molecule has 5 aromatic rings. The first kappa shape index (κ1) is 15.6. The minimum atomic E-state index is 0.293. The second kappa shape index (κ2) is 5.75. The van der Waals surface area contributed by atoms with E-state index in [1.807, 2.05) is 24.3 Å². The summed E-state index contributed by atoms with van der Waals surface area (Å²) in [5.74, 6) is 1.31. The molecule has 0 bridgehead atoms. The van der Waals surface area contributed by atoms with Crippen molar-refractivity contribution in [2.75, 3.05) is 5.73 Å². The average Bonchev–Trinajstić information content (AvgIpc) is 3.41. The summed E-state index contributed by atoms with van der Waals surface area (Å²) in [5, 5.41) is 7.72. The number of nitrogens with two attached hydrogens (primary N) is 1. The molecule has 0 saturated heterocycles. The van der Waals surface area contributed by atoms with Gasteiger partial charge in [-0.05, 0) is 35.3 Å². The number of fused-ring (bicyclic) bond motifs is 3. The van der Waals surface area contributed by atoms with E-state index in [1.165, 1.54) is 19.3 Å². The van der Waals surface area contributed by atoms with Gasteiger partial charge in [0.15, 0.2) is 5.65 Å². The van der Waals surface area contributed by atoms with Gasteiger partial charge in [0.05, 0.1) is 16.6 Å². The van der Waals surface area contributed by atoms with Crippen molar-refractivity contribution in [3.8, 4) is 11.4 Å². The number of hydrogen-bond acceptors (Lipinski definition) is 7. The molecule has 4 heterocycles. The zero-order valence-electron chi connectivity index (χ0n) is 15.1. The van der Waals surface area contributed by atoms with Crippen LogP contribution in [0.1, 0.15) is 38.1 Å². The molecule has 3 N–H and O–H groups in total. The Morgan fingerprint density at radius 1 is 1.00 bits per heavy atom. The first-order valence-electron chi connectivity index (χ1n) is 9.54. The van der Waals surface area contributed by atoms with E-state index in [0.717, 1.165) is 29.4 Å². The SMILES string of the molecule is Nc1c(-c2nc3ccccc3[nH]2)c2nc3nonc3nc2n1C1CCCCC1. The summed E-state index contributed by atoms with van der Waals surface area (Å²) in [7, 11) is 0. The lowest BCUT2D eigenvalue weighted by Crippen LogP contribution is -2.15. The smallest absolute Gasteiger partial charge is 0.245 e. The highest BCUT2D eigenvalue weighted by Crippen LogP contribution is 2.40. The van der Waals surface area contributed by atoms with E-state index in [2.05, 4.69) is 29.8 Å². The van der Waals surface area contributed by atoms with Crippen LogP contribution in [0.2, 0.25) is 0 Å². The number of aromatic amines is 1. The van der Waals surface area contributed by atoms with Crippen molar-refractivity contribution in [2.24, 2.45) is 0 Å². The second-order valence-electron chi connectivity index (χ2n) is 7.33. The van der Waals surface area contributed by atoms with E-state index in [-0.39, 0.29) is 0 Å². The maximum absolute atomic E-state index is 6.69. The van der Waals surface area contributed by atoms with Gasteiger partial charge in [-0.2, -0.15) is 0 Å². The van der Waals surface area contributed by atoms with E-state index in [1.54, 1.807) is 0 Å². The Labute approximate surface area is 158 Å². The molecular weight excluding hydrogens is 356 g/mol. The highest BCUT2D eigenvalue weighted by Gasteiger charge is 2.28. The monoisotopic (exact) mass is 374 g/mol. The molecule has 0 aliphatic heterocycles. The molecule has 1 aromatic carbocycles. The zero-order valence-corrected chi connectivity index (χ0v) is 15.1. The van der Waals surface area contributed by atoms with Crippen LogP contribution in [0.25, 0.3) is 44.9 Å². The Bertz CT molecular complexity index is 1290. The Morgan fingerprint density at radius 2 is 1.79 bits per heavy atom. The molecule has 1 saturated carbocycles. The lowest BCUT2D eigenvalue weighted by atomic mass is 9.95. The van der Waals surface area contributed by atoms with Gasteiger partial charge in [0, 0.05) is 6.04 Å². The predicted octanol–water partition coefficient (Wildman–Crippen LogP) is 3.60. The number of nitrogens with one attached hydrogen (secondary N) is 1. The van der Waals surface area contributed by atoms with Crippen LogP contribution in [-0.2, 0) is 0 Å². The van der Waals surface area contributed by atoms with Crippen LogP contribution < -0.4 is 5.73 Å². The van der Waals surface area contributed by atoms with Crippen LogP contribution in [0.15, 0.2) is 28.9 Å². The highest BCUT2D eigenvalue weighted by molar-refractivity contribution is 6.00. The van der Waals surface area contributed by atoms with Crippen molar-refractivity contribution >= 4 is 39.3 Å². The average molecular weight is 374 g/mol.